The van der Waals surface area contributed by atoms with Gasteiger partial charge in [-0.2, -0.15) is 13.5 Å². The lowest BCUT2D eigenvalue weighted by atomic mass is 9.85. The molecule has 7 atom stereocenters. The van der Waals surface area contributed by atoms with E-state index in [1.54, 1.807) is 52.2 Å². The van der Waals surface area contributed by atoms with Gasteiger partial charge in [-0.1, -0.05) is 214 Å². The van der Waals surface area contributed by atoms with Gasteiger partial charge in [0.05, 0.1) is 60.4 Å². The monoisotopic (exact) mass is 1780 g/mol. The molecule has 0 aliphatic carbocycles. The van der Waals surface area contributed by atoms with Crippen LogP contribution in [0.2, 0.25) is 0 Å². The second-order valence-electron chi connectivity index (χ2n) is 27.3. The lowest BCUT2D eigenvalue weighted by Crippen LogP contribution is -2.25. The molecule has 11 heterocycles. The van der Waals surface area contributed by atoms with Gasteiger partial charge in [0.1, 0.15) is 56.9 Å². The minimum atomic E-state index is -0.804. The Hall–Kier alpha value is -4.69. The summed E-state index contributed by atoms with van der Waals surface area (Å²) in [6.07, 6.45) is 17.8. The molecular weight excluding hydrogens is 1670 g/mol. The molecule has 34 heteroatoms. The number of rotatable bonds is 14. The first kappa shape index (κ1) is 107. The number of aliphatic hydroxyl groups excluding tert-OH is 6. The molecule has 112 heavy (non-hydrogen) atoms. The molecule has 11 aliphatic heterocycles. The molecule has 624 valence electrons. The zero-order valence-electron chi connectivity index (χ0n) is 67.0. The zero-order valence-corrected chi connectivity index (χ0v) is 77.0. The second kappa shape index (κ2) is 52.2. The number of thioether (sulfide) groups is 11. The van der Waals surface area contributed by atoms with Crippen molar-refractivity contribution in [2.45, 2.75) is 192 Å². The highest BCUT2D eigenvalue weighted by Gasteiger charge is 2.42. The number of hydrogen-bond donors (Lipinski definition) is 6. The van der Waals surface area contributed by atoms with Gasteiger partial charge in [-0.15, -0.1) is 6.58 Å². The maximum Gasteiger partial charge on any atom is 0.226 e. The van der Waals surface area contributed by atoms with E-state index in [-0.39, 0.29) is 138 Å². The molecule has 0 fully saturated rings. The van der Waals surface area contributed by atoms with Crippen molar-refractivity contribution in [3.05, 3.63) is 140 Å². The zero-order chi connectivity index (χ0) is 85.2. The van der Waals surface area contributed by atoms with Crippen LogP contribution in [0.3, 0.4) is 0 Å². The molecule has 0 saturated heterocycles. The Bertz CT molecular complexity index is 3830. The highest BCUT2D eigenvalue weighted by atomic mass is 32.2. The third-order valence-electron chi connectivity index (χ3n) is 16.4. The van der Waals surface area contributed by atoms with Crippen molar-refractivity contribution in [3.8, 4) is 0 Å². The van der Waals surface area contributed by atoms with E-state index in [1.807, 2.05) is 54.5 Å². The van der Waals surface area contributed by atoms with Gasteiger partial charge in [0.15, 0.2) is 5.78 Å². The number of ether oxygens (including phenoxy) is 3. The van der Waals surface area contributed by atoms with E-state index in [4.69, 9.17) is 34.6 Å². The van der Waals surface area contributed by atoms with Gasteiger partial charge in [-0.25, -0.2) is 0 Å². The third kappa shape index (κ3) is 36.0. The fourth-order valence-electron chi connectivity index (χ4n) is 9.86. The van der Waals surface area contributed by atoms with Crippen LogP contribution in [0.5, 0.6) is 0 Å². The minimum Gasteiger partial charge on any atom is -0.511 e. The summed E-state index contributed by atoms with van der Waals surface area (Å²) < 4.78 is 13.2. The molecule has 11 aliphatic rings. The van der Waals surface area contributed by atoms with Crippen molar-refractivity contribution in [3.63, 3.8) is 0 Å². The number of carbonyl (C=O) groups is 13. The van der Waals surface area contributed by atoms with E-state index in [9.17, 15) is 72.5 Å². The lowest BCUT2D eigenvalue weighted by molar-refractivity contribution is -0.117. The molecule has 0 saturated carbocycles. The van der Waals surface area contributed by atoms with Crippen LogP contribution in [0.1, 0.15) is 156 Å². The van der Waals surface area contributed by atoms with Gasteiger partial charge in [0, 0.05) is 75.1 Å². The molecular formula is C78H108O22S12. The van der Waals surface area contributed by atoms with Crippen molar-refractivity contribution < 1.29 is 107 Å². The van der Waals surface area contributed by atoms with Crippen LogP contribution in [0.25, 0.3) is 0 Å². The molecule has 0 amide bonds. The topological polar surface area (TPSA) is 371 Å². The molecule has 0 aromatic carbocycles. The molecule has 0 radical (unpaired) electrons. The van der Waals surface area contributed by atoms with Crippen LogP contribution in [0.15, 0.2) is 140 Å². The Morgan fingerprint density at radius 1 is 0.616 bits per heavy atom. The maximum absolute atomic E-state index is 11.1. The summed E-state index contributed by atoms with van der Waals surface area (Å²) in [6, 6.07) is 0. The maximum atomic E-state index is 11.1. The van der Waals surface area contributed by atoms with Crippen molar-refractivity contribution >= 4 is 211 Å². The average molecular weight is 1780 g/mol. The predicted molar refractivity (Wildman–Crippen MR) is 474 cm³/mol. The first-order valence-electron chi connectivity index (χ1n) is 34.8. The van der Waals surface area contributed by atoms with E-state index >= 15 is 0 Å². The van der Waals surface area contributed by atoms with Crippen molar-refractivity contribution in [1.82, 2.24) is 0 Å². The Morgan fingerprint density at radius 2 is 1.21 bits per heavy atom. The van der Waals surface area contributed by atoms with Crippen LogP contribution >= 0.6 is 143 Å². The summed E-state index contributed by atoms with van der Waals surface area (Å²) >= 11 is 13.6. The highest BCUT2D eigenvalue weighted by molar-refractivity contribution is 8.18. The smallest absolute Gasteiger partial charge is 0.226 e. The number of methoxy groups -OCH3 is 3. The number of Topliss-reactive ketones (excluding diaryl/α,β-unsaturated/α-hetero) is 1. The Kier molecular flexibility index (Phi) is 50.0. The van der Waals surface area contributed by atoms with Crippen LogP contribution in [0.4, 0.5) is 0 Å². The predicted octanol–water partition coefficient (Wildman–Crippen LogP) is 16.4. The van der Waals surface area contributed by atoms with Crippen LogP contribution in [-0.2, 0) is 76.5 Å². The van der Waals surface area contributed by atoms with E-state index < -0.39 is 9.49 Å². The standard InChI is InChI=1S/2C9H14OS.C8H12O2S.C7H10O3S.C7H8O3S.C7H10O3S.2C7H8O2S.C6H8O2S.C6H8OS.C5H6O2S.H2S/c1-6-7(9(2,3)4)5-11-8(6)10;1-6-5-7(10)11-8(6)9(2,3)4;1-3-4-6-7(9)5(2)11-8(6)10;1-4-5(9)7(2,3-8)11-6(4)10;1-4(8)6-5(10-2)3-11-7(6)9;1-10-5-4-7(9)11-6(5)2-3-8;1-3-7(2)5(8)4-6(9)10-7;8-5-1-2-6-3-4-7(9)10-6;1-2-4-5(7)3-9-6(4)8;1-4-3-6(7)8-5(4)2;1-7-4-2-5(6)8-3-4;/h5H2,1-4H3;5,8H,1-4H3;5,9H,3-4H2,1-2H3;8-9H,3H2,1-2H3;3H2,1-2H3;4,6,8H,2-3H2,1H3;3-4,8H,1H2,2H3;3-6H,1-2H2;7H,2-3H2,1H3;3,5H,1-2H3;2H,3H2,1H3;1H2/t;;;;;;7-;;;;;/m......0...../s1. The molecule has 0 spiro atoms. The van der Waals surface area contributed by atoms with Crippen molar-refractivity contribution in [1.29, 1.82) is 0 Å². The summed E-state index contributed by atoms with van der Waals surface area (Å²) in [5.41, 5.74) is 6.87. The van der Waals surface area contributed by atoms with E-state index in [0.717, 1.165) is 71.5 Å². The molecule has 6 N–H and O–H groups in total. The molecule has 11 rings (SSSR count). The summed E-state index contributed by atoms with van der Waals surface area (Å²) in [4.78, 5) is 140. The van der Waals surface area contributed by atoms with E-state index in [2.05, 4.69) is 48.1 Å². The molecule has 6 unspecified atom stereocenters. The molecule has 22 nitrogen and oxygen atoms in total. The molecule has 0 aromatic heterocycles. The quantitative estimate of drug-likeness (QED) is 0.0534. The third-order valence-corrected chi connectivity index (χ3v) is 28.4. The van der Waals surface area contributed by atoms with Crippen molar-refractivity contribution in [2.75, 3.05) is 57.6 Å². The largest absolute Gasteiger partial charge is 0.511 e. The Morgan fingerprint density at radius 3 is 1.49 bits per heavy atom. The van der Waals surface area contributed by atoms with Gasteiger partial charge in [0.25, 0.3) is 0 Å². The molecule has 0 bridgehead atoms. The van der Waals surface area contributed by atoms with Gasteiger partial charge < -0.3 is 49.6 Å². The van der Waals surface area contributed by atoms with Gasteiger partial charge >= 0.3 is 0 Å². The van der Waals surface area contributed by atoms with Crippen LogP contribution in [0, 0.1) is 10.8 Å². The number of aldehydes is 1. The average Bonchev–Trinajstić information content (AvgIpc) is 1.66. The van der Waals surface area contributed by atoms with E-state index in [0.29, 0.717) is 87.4 Å². The summed E-state index contributed by atoms with van der Waals surface area (Å²) in [6.45, 7) is 36.4. The SMILES string of the molecule is C=C[C@]1(C)SC(=O)C=C1O.CC1=C(C(C)(C)C)CSC1=O.CC1=C(O)C(C)(CO)SC1=O.CC1=CC(=O)SC1C.CC1=CC(=O)SC1C(C)(C)C.CCC1=C(O)CSC1=O.CCCC1=C(O)C(C)SC1=O.COC1=C(C(C)=O)C(=O)SC1.COC1=CC(=O)SC1.COC1=CC(=O)SC1CCO.O=CCCC1C=CC(=O)S1.S. The van der Waals surface area contributed by atoms with Gasteiger partial charge in [0.2, 0.25) is 56.3 Å². The number of ketones is 1. The van der Waals surface area contributed by atoms with Crippen LogP contribution < -0.4 is 0 Å². The van der Waals surface area contributed by atoms with Crippen LogP contribution in [-0.4, -0.2) is 192 Å². The Labute approximate surface area is 712 Å². The highest BCUT2D eigenvalue weighted by Crippen LogP contribution is 2.44. The van der Waals surface area contributed by atoms with E-state index in [1.165, 1.54) is 150 Å². The fourth-order valence-corrected chi connectivity index (χ4v) is 20.1. The summed E-state index contributed by atoms with van der Waals surface area (Å²) in [5.74, 6) is 4.98. The van der Waals surface area contributed by atoms with Gasteiger partial charge in [-0.05, 0) is 123 Å². The normalized spacial score (nSPS) is 24.0. The lowest BCUT2D eigenvalue weighted by Gasteiger charge is -2.26. The number of hydrogen-bond acceptors (Lipinski definition) is 33. The first-order valence-corrected chi connectivity index (χ1v) is 44.8. The molecule has 0 aromatic rings. The minimum absolute atomic E-state index is 0. The number of aliphatic hydroxyl groups is 6. The summed E-state index contributed by atoms with van der Waals surface area (Å²) in [5, 5.41) is 56.0. The Balaban J connectivity index is 0.00000121. The second-order valence-corrected chi connectivity index (χ2v) is 40.3. The number of carbonyl (C=O) groups excluding carboxylic acids is 13. The summed E-state index contributed by atoms with van der Waals surface area (Å²) in [7, 11) is 4.58. The first-order chi connectivity index (χ1) is 51.6. The van der Waals surface area contributed by atoms with Crippen molar-refractivity contribution in [2.24, 2.45) is 10.8 Å². The van der Waals surface area contributed by atoms with Gasteiger partial charge in [-0.3, -0.25) is 57.5 Å². The fraction of sp³-hybridized carbons (Fsp3) is 0.526.